The number of halogens is 3. The minimum atomic E-state index is -0.398. The molecule has 0 N–H and O–H groups in total. The van der Waals surface area contributed by atoms with Crippen molar-refractivity contribution >= 4 is 39.3 Å². The van der Waals surface area contributed by atoms with Crippen molar-refractivity contribution in [3.63, 3.8) is 0 Å². The molecule has 2 aromatic rings. The van der Waals surface area contributed by atoms with Crippen LogP contribution in [0.3, 0.4) is 0 Å². The fourth-order valence-electron chi connectivity index (χ4n) is 1.96. The van der Waals surface area contributed by atoms with Gasteiger partial charge < -0.3 is 4.74 Å². The maximum absolute atomic E-state index is 13.6. The van der Waals surface area contributed by atoms with Crippen LogP contribution in [0.25, 0.3) is 0 Å². The molecule has 0 heterocycles. The first-order valence-electron chi connectivity index (χ1n) is 5.88. The third-order valence-electron chi connectivity index (χ3n) is 2.96. The van der Waals surface area contributed by atoms with Gasteiger partial charge in [-0.3, -0.25) is 0 Å². The van der Waals surface area contributed by atoms with E-state index in [9.17, 15) is 4.39 Å². The second-order valence-electron chi connectivity index (χ2n) is 4.11. The van der Waals surface area contributed by atoms with E-state index in [0.29, 0.717) is 10.2 Å². The monoisotopic (exact) mass is 374 g/mol. The zero-order chi connectivity index (χ0) is 14.7. The van der Waals surface area contributed by atoms with Crippen molar-refractivity contribution < 1.29 is 9.13 Å². The molecule has 2 aromatic carbocycles. The predicted octanol–water partition coefficient (Wildman–Crippen LogP) is 5.65. The van der Waals surface area contributed by atoms with Crippen LogP contribution in [0.5, 0.6) is 5.75 Å². The summed E-state index contributed by atoms with van der Waals surface area (Å²) in [6, 6.07) is 10.9. The van der Waals surface area contributed by atoms with Crippen LogP contribution in [0.15, 0.2) is 45.8 Å². The number of ether oxygens (including phenoxy) is 1. The second kappa shape index (κ2) is 6.83. The van der Waals surface area contributed by atoms with Crippen LogP contribution in [0.1, 0.15) is 16.5 Å². The maximum atomic E-state index is 13.6. The van der Waals surface area contributed by atoms with Gasteiger partial charge in [0.1, 0.15) is 11.6 Å². The number of thioether (sulfide) groups is 1. The SMILES string of the molecule is COc1cc(F)c(Br)cc1C(Cl)c1ccccc1SC. The Bertz CT molecular complexity index is 621. The van der Waals surface area contributed by atoms with Crippen molar-refractivity contribution in [2.24, 2.45) is 0 Å². The highest BCUT2D eigenvalue weighted by Gasteiger charge is 2.20. The molecule has 106 valence electrons. The second-order valence-corrected chi connectivity index (χ2v) is 6.25. The Hall–Kier alpha value is -0.710. The highest BCUT2D eigenvalue weighted by molar-refractivity contribution is 9.10. The minimum Gasteiger partial charge on any atom is -0.496 e. The van der Waals surface area contributed by atoms with Crippen molar-refractivity contribution in [2.45, 2.75) is 10.3 Å². The van der Waals surface area contributed by atoms with Crippen molar-refractivity contribution in [3.8, 4) is 5.75 Å². The van der Waals surface area contributed by atoms with Gasteiger partial charge in [0.2, 0.25) is 0 Å². The van der Waals surface area contributed by atoms with Crippen LogP contribution in [0.4, 0.5) is 4.39 Å². The summed E-state index contributed by atoms with van der Waals surface area (Å²) in [4.78, 5) is 1.09. The highest BCUT2D eigenvalue weighted by atomic mass is 79.9. The van der Waals surface area contributed by atoms with Crippen LogP contribution in [-0.2, 0) is 0 Å². The lowest BCUT2D eigenvalue weighted by Gasteiger charge is -2.17. The lowest BCUT2D eigenvalue weighted by molar-refractivity contribution is 0.406. The molecular formula is C15H13BrClFOS. The summed E-state index contributed by atoms with van der Waals surface area (Å²) in [6.45, 7) is 0. The molecule has 0 aliphatic rings. The van der Waals surface area contributed by atoms with Crippen LogP contribution in [-0.4, -0.2) is 13.4 Å². The molecule has 0 saturated heterocycles. The number of methoxy groups -OCH3 is 1. The van der Waals surface area contributed by atoms with Gasteiger partial charge in [0.25, 0.3) is 0 Å². The molecule has 0 saturated carbocycles. The third kappa shape index (κ3) is 3.13. The van der Waals surface area contributed by atoms with Gasteiger partial charge in [0, 0.05) is 16.5 Å². The molecule has 0 spiro atoms. The van der Waals surface area contributed by atoms with Gasteiger partial charge in [-0.25, -0.2) is 4.39 Å². The summed E-state index contributed by atoms with van der Waals surface area (Å²) in [6.07, 6.45) is 2.00. The Morgan fingerprint density at radius 1 is 1.25 bits per heavy atom. The average molecular weight is 376 g/mol. The van der Waals surface area contributed by atoms with Gasteiger partial charge in [-0.2, -0.15) is 0 Å². The van der Waals surface area contributed by atoms with Crippen LogP contribution in [0, 0.1) is 5.82 Å². The standard InChI is InChI=1S/C15H13BrClFOS/c1-19-13-8-12(18)11(16)7-10(13)15(17)9-5-3-4-6-14(9)20-2/h3-8,15H,1-2H3. The van der Waals surface area contributed by atoms with Gasteiger partial charge in [-0.15, -0.1) is 23.4 Å². The van der Waals surface area contributed by atoms with E-state index in [1.807, 2.05) is 30.5 Å². The van der Waals surface area contributed by atoms with Crippen molar-refractivity contribution in [1.82, 2.24) is 0 Å². The van der Waals surface area contributed by atoms with Crippen molar-refractivity contribution in [2.75, 3.05) is 13.4 Å². The molecule has 0 aromatic heterocycles. The van der Waals surface area contributed by atoms with E-state index in [0.717, 1.165) is 16.0 Å². The van der Waals surface area contributed by atoms with E-state index >= 15 is 0 Å². The number of benzene rings is 2. The first kappa shape index (κ1) is 15.7. The normalized spacial score (nSPS) is 12.2. The summed E-state index contributed by atoms with van der Waals surface area (Å²) in [7, 11) is 1.51. The molecule has 0 aliphatic heterocycles. The highest BCUT2D eigenvalue weighted by Crippen LogP contribution is 2.40. The quantitative estimate of drug-likeness (QED) is 0.504. The molecule has 0 radical (unpaired) electrons. The molecule has 0 aliphatic carbocycles. The third-order valence-corrected chi connectivity index (χ3v) is 4.85. The van der Waals surface area contributed by atoms with Crippen LogP contribution in [0.2, 0.25) is 0 Å². The number of rotatable bonds is 4. The average Bonchev–Trinajstić information content (AvgIpc) is 2.48. The number of hydrogen-bond donors (Lipinski definition) is 0. The Labute approximate surface area is 135 Å². The summed E-state index contributed by atoms with van der Waals surface area (Å²) >= 11 is 11.4. The predicted molar refractivity (Wildman–Crippen MR) is 86.6 cm³/mol. The van der Waals surface area contributed by atoms with Gasteiger partial charge >= 0.3 is 0 Å². The smallest absolute Gasteiger partial charge is 0.141 e. The first-order chi connectivity index (χ1) is 9.58. The fourth-order valence-corrected chi connectivity index (χ4v) is 3.38. The first-order valence-corrected chi connectivity index (χ1v) is 8.33. The molecule has 1 nitrogen and oxygen atoms in total. The fraction of sp³-hybridized carbons (Fsp3) is 0.200. The van der Waals surface area contributed by atoms with Gasteiger partial charge in [0.15, 0.2) is 0 Å². The molecule has 5 heteroatoms. The Morgan fingerprint density at radius 2 is 1.95 bits per heavy atom. The van der Waals surface area contributed by atoms with Crippen molar-refractivity contribution in [3.05, 3.63) is 57.8 Å². The summed E-state index contributed by atoms with van der Waals surface area (Å²) in [5, 5.41) is -0.398. The summed E-state index contributed by atoms with van der Waals surface area (Å²) in [5.74, 6) is 0.0780. The molecule has 0 amide bonds. The number of hydrogen-bond acceptors (Lipinski definition) is 2. The molecule has 2 rings (SSSR count). The molecular weight excluding hydrogens is 363 g/mol. The van der Waals surface area contributed by atoms with Crippen LogP contribution < -0.4 is 4.74 Å². The Kier molecular flexibility index (Phi) is 5.35. The van der Waals surface area contributed by atoms with Gasteiger partial charge in [-0.1, -0.05) is 18.2 Å². The van der Waals surface area contributed by atoms with Gasteiger partial charge in [-0.05, 0) is 39.9 Å². The Balaban J connectivity index is 2.52. The maximum Gasteiger partial charge on any atom is 0.141 e. The van der Waals surface area contributed by atoms with E-state index in [1.165, 1.54) is 13.2 Å². The Morgan fingerprint density at radius 3 is 2.60 bits per heavy atom. The summed E-state index contributed by atoms with van der Waals surface area (Å²) in [5.41, 5.74) is 1.72. The van der Waals surface area contributed by atoms with E-state index in [4.69, 9.17) is 16.3 Å². The minimum absolute atomic E-state index is 0.368. The van der Waals surface area contributed by atoms with Crippen molar-refractivity contribution in [1.29, 1.82) is 0 Å². The molecule has 1 atom stereocenters. The van der Waals surface area contributed by atoms with E-state index < -0.39 is 5.38 Å². The van der Waals surface area contributed by atoms with Crippen LogP contribution >= 0.6 is 39.3 Å². The topological polar surface area (TPSA) is 9.23 Å². The zero-order valence-electron chi connectivity index (χ0n) is 11.0. The van der Waals surface area contributed by atoms with Gasteiger partial charge in [0.05, 0.1) is 17.0 Å². The van der Waals surface area contributed by atoms with E-state index in [-0.39, 0.29) is 5.82 Å². The number of alkyl halides is 1. The largest absolute Gasteiger partial charge is 0.496 e. The van der Waals surface area contributed by atoms with E-state index in [1.54, 1.807) is 17.8 Å². The molecule has 0 fully saturated rings. The lowest BCUT2D eigenvalue weighted by Crippen LogP contribution is -2.00. The van der Waals surface area contributed by atoms with E-state index in [2.05, 4.69) is 15.9 Å². The molecule has 20 heavy (non-hydrogen) atoms. The molecule has 1 unspecified atom stereocenters. The molecule has 0 bridgehead atoms. The zero-order valence-corrected chi connectivity index (χ0v) is 14.2. The lowest BCUT2D eigenvalue weighted by atomic mass is 10.0. The summed E-state index contributed by atoms with van der Waals surface area (Å²) < 4.78 is 19.2.